The molecule has 2 N–H and O–H groups in total. The zero-order valence-corrected chi connectivity index (χ0v) is 42.5. The molecule has 0 aromatic carbocycles. The molecule has 374 valence electrons. The van der Waals surface area contributed by atoms with Gasteiger partial charge >= 0.3 is 5.97 Å². The van der Waals surface area contributed by atoms with E-state index in [2.05, 4.69) is 33.8 Å². The fraction of sp³-hybridized carbons (Fsp3) is 0.778. The van der Waals surface area contributed by atoms with Crippen LogP contribution in [0.25, 0.3) is 0 Å². The van der Waals surface area contributed by atoms with Gasteiger partial charge in [-0.05, 0) is 131 Å². The Kier molecular flexibility index (Phi) is 22.0. The summed E-state index contributed by atoms with van der Waals surface area (Å²) in [6.45, 7) is 18.2. The van der Waals surface area contributed by atoms with Gasteiger partial charge in [0.25, 0.3) is 11.7 Å². The molecule has 4 aliphatic rings. The fourth-order valence-electron chi connectivity index (χ4n) is 11.1. The molecule has 1 aliphatic carbocycles. The number of fused-ring (bicyclic) bond motifs is 3. The summed E-state index contributed by atoms with van der Waals surface area (Å²) in [5, 5.41) is 23.5. The number of cyclic esters (lactones) is 1. The zero-order valence-electron chi connectivity index (χ0n) is 42.5. The maximum atomic E-state index is 14.5. The summed E-state index contributed by atoms with van der Waals surface area (Å²) in [6.07, 6.45) is 16.8. The summed E-state index contributed by atoms with van der Waals surface area (Å²) in [5.74, 6) is -5.00. The van der Waals surface area contributed by atoms with Crippen molar-refractivity contribution in [1.82, 2.24) is 4.90 Å². The van der Waals surface area contributed by atoms with E-state index in [0.29, 0.717) is 68.3 Å². The van der Waals surface area contributed by atoms with E-state index in [-0.39, 0.29) is 55.1 Å². The molecule has 3 heterocycles. The van der Waals surface area contributed by atoms with Crippen LogP contribution in [0.1, 0.15) is 146 Å². The van der Waals surface area contributed by atoms with Crippen LogP contribution in [0.2, 0.25) is 0 Å². The first-order chi connectivity index (χ1) is 31.2. The average molecular weight is 926 g/mol. The van der Waals surface area contributed by atoms with E-state index in [1.807, 2.05) is 45.1 Å². The number of ketones is 2. The lowest BCUT2D eigenvalue weighted by atomic mass is 9.72. The Hall–Kier alpha value is -3.00. The van der Waals surface area contributed by atoms with E-state index in [0.717, 1.165) is 31.3 Å². The summed E-state index contributed by atoms with van der Waals surface area (Å²) in [5.41, 5.74) is 1.57. The van der Waals surface area contributed by atoms with Gasteiger partial charge in [0, 0.05) is 52.6 Å². The number of Topliss-reactive ketones (excluding diaryl/α,β-unsaturated/α-hetero) is 2. The monoisotopic (exact) mass is 926 g/mol. The molecule has 0 aromatic heterocycles. The van der Waals surface area contributed by atoms with Crippen molar-refractivity contribution < 1.29 is 53.1 Å². The number of carbonyl (C=O) groups excluding carboxylic acids is 4. The number of ether oxygens (including phenoxy) is 5. The third-order valence-electron chi connectivity index (χ3n) is 15.5. The number of hydrogen-bond acceptors (Lipinski definition) is 11. The molecule has 0 radical (unpaired) electrons. The molecule has 2 bridgehead atoms. The standard InChI is InChI=1S/C54H87NO11/c1-33(2)43-24-22-41(30-48(43)63-11)29-38(7)47-32-45(56)37(6)28-39(8)50(57)49(64-12)27-35(4)26-34(3)18-14-13-15-19-36(5)46(62-10)31-42-23-21-40(9)54(61,66-42)51(58)52(59)55-25-17-16-20-44(55)53(60)65-47/h13-15,18-19,28,33-35,37-38,40-44,46-50,57,61H,16-17,20-27,29-32H2,1-12H3/b15-13+,18-14+,36-19+,39-28+/t34-,35-,37-,38-,40-,41+,42+,43+,44+,46+,47+,48-,49+,50-,54-/m1/s1. The predicted octanol–water partition coefficient (Wildman–Crippen LogP) is 8.91. The van der Waals surface area contributed by atoms with Gasteiger partial charge in [-0.15, -0.1) is 0 Å². The second-order valence-electron chi connectivity index (χ2n) is 21.1. The van der Waals surface area contributed by atoms with Gasteiger partial charge in [-0.25, -0.2) is 4.79 Å². The SMILES string of the molecule is CO[C@H]1C[C@@H]2CC[C@@H](C)[C@@](O)(O2)C(=O)C(=O)N2CCCC[C@H]2C(=O)O[C@H]([C@H](C)C[C@@H]2CC[C@@H](C(C)C)[C@H](OC)C2)CC(=O)[C@H](C)/C=C(\C)[C@@H](O)[C@@H](OC)C[C@H](C)C[C@H](C)/C=C/C=C/C=C/1C. The van der Waals surface area contributed by atoms with Gasteiger partial charge in [0.2, 0.25) is 5.79 Å². The molecule has 1 saturated carbocycles. The van der Waals surface area contributed by atoms with Gasteiger partial charge in [0.05, 0.1) is 24.4 Å². The second-order valence-corrected chi connectivity index (χ2v) is 21.1. The average Bonchev–Trinajstić information content (AvgIpc) is 3.29. The number of esters is 1. The predicted molar refractivity (Wildman–Crippen MR) is 257 cm³/mol. The van der Waals surface area contributed by atoms with Gasteiger partial charge in [-0.1, -0.05) is 84.9 Å². The van der Waals surface area contributed by atoms with E-state index >= 15 is 0 Å². The molecule has 1 amide bonds. The van der Waals surface area contributed by atoms with Crippen molar-refractivity contribution in [2.45, 2.75) is 194 Å². The number of nitrogens with zero attached hydrogens (tertiary/aromatic N) is 1. The van der Waals surface area contributed by atoms with Crippen LogP contribution in [0, 0.1) is 47.3 Å². The molecule has 0 spiro atoms. The van der Waals surface area contributed by atoms with Crippen LogP contribution in [0.5, 0.6) is 0 Å². The third-order valence-corrected chi connectivity index (χ3v) is 15.5. The van der Waals surface area contributed by atoms with Crippen molar-refractivity contribution in [2.24, 2.45) is 47.3 Å². The van der Waals surface area contributed by atoms with Crippen molar-refractivity contribution in [3.05, 3.63) is 47.6 Å². The van der Waals surface area contributed by atoms with E-state index in [4.69, 9.17) is 23.7 Å². The minimum absolute atomic E-state index is 0.0580. The molecule has 2 saturated heterocycles. The Morgan fingerprint density at radius 1 is 0.818 bits per heavy atom. The van der Waals surface area contributed by atoms with Crippen molar-refractivity contribution >= 4 is 23.4 Å². The smallest absolute Gasteiger partial charge is 0.329 e. The Balaban J connectivity index is 1.68. The molecule has 3 fully saturated rings. The van der Waals surface area contributed by atoms with Crippen LogP contribution in [-0.4, -0.2) is 115 Å². The van der Waals surface area contributed by atoms with Gasteiger partial charge < -0.3 is 38.8 Å². The number of methoxy groups -OCH3 is 3. The van der Waals surface area contributed by atoms with Crippen molar-refractivity contribution in [2.75, 3.05) is 27.9 Å². The zero-order chi connectivity index (χ0) is 48.9. The number of aliphatic hydroxyl groups is 2. The Bertz CT molecular complexity index is 1720. The van der Waals surface area contributed by atoms with Crippen molar-refractivity contribution in [3.63, 3.8) is 0 Å². The van der Waals surface area contributed by atoms with Crippen molar-refractivity contribution in [3.8, 4) is 0 Å². The lowest BCUT2D eigenvalue weighted by molar-refractivity contribution is -0.265. The lowest BCUT2D eigenvalue weighted by Crippen LogP contribution is -2.61. The summed E-state index contributed by atoms with van der Waals surface area (Å²) < 4.78 is 30.3. The number of allylic oxidation sites excluding steroid dienone is 6. The fourth-order valence-corrected chi connectivity index (χ4v) is 11.1. The van der Waals surface area contributed by atoms with Gasteiger partial charge in [-0.3, -0.25) is 14.4 Å². The van der Waals surface area contributed by atoms with Crippen LogP contribution in [-0.2, 0) is 42.9 Å². The van der Waals surface area contributed by atoms with E-state index < -0.39 is 65.7 Å². The summed E-state index contributed by atoms with van der Waals surface area (Å²) >= 11 is 0. The second kappa shape index (κ2) is 26.1. The highest BCUT2D eigenvalue weighted by molar-refractivity contribution is 6.39. The number of aliphatic hydroxyl groups excluding tert-OH is 1. The Labute approximate surface area is 397 Å². The first kappa shape index (κ1) is 55.6. The summed E-state index contributed by atoms with van der Waals surface area (Å²) in [7, 11) is 4.99. The number of piperidine rings is 1. The minimum Gasteiger partial charge on any atom is -0.460 e. The molecule has 66 heavy (non-hydrogen) atoms. The molecule has 3 aliphatic heterocycles. The number of carbonyl (C=O) groups is 4. The maximum Gasteiger partial charge on any atom is 0.329 e. The topological polar surface area (TPSA) is 158 Å². The molecule has 12 heteroatoms. The molecule has 0 unspecified atom stereocenters. The van der Waals surface area contributed by atoms with Crippen LogP contribution in [0.3, 0.4) is 0 Å². The highest BCUT2D eigenvalue weighted by atomic mass is 16.6. The number of rotatable bonds is 7. The van der Waals surface area contributed by atoms with Crippen molar-refractivity contribution in [1.29, 1.82) is 0 Å². The Morgan fingerprint density at radius 3 is 2.20 bits per heavy atom. The van der Waals surface area contributed by atoms with Crippen LogP contribution >= 0.6 is 0 Å². The first-order valence-corrected chi connectivity index (χ1v) is 25.2. The first-order valence-electron chi connectivity index (χ1n) is 25.2. The maximum absolute atomic E-state index is 14.5. The normalized spacial score (nSPS) is 40.0. The van der Waals surface area contributed by atoms with Gasteiger partial charge in [0.15, 0.2) is 0 Å². The Morgan fingerprint density at radius 2 is 1.53 bits per heavy atom. The highest BCUT2D eigenvalue weighted by Crippen LogP contribution is 2.40. The lowest BCUT2D eigenvalue weighted by Gasteiger charge is -2.42. The molecule has 4 rings (SSSR count). The molecule has 15 atom stereocenters. The third kappa shape index (κ3) is 15.0. The summed E-state index contributed by atoms with van der Waals surface area (Å²) in [6, 6.07) is -1.08. The molecular weight excluding hydrogens is 839 g/mol. The quantitative estimate of drug-likeness (QED) is 0.143. The van der Waals surface area contributed by atoms with Gasteiger partial charge in [0.1, 0.15) is 24.0 Å². The van der Waals surface area contributed by atoms with Crippen LogP contribution in [0.4, 0.5) is 0 Å². The van der Waals surface area contributed by atoms with Crippen LogP contribution in [0.15, 0.2) is 47.6 Å². The van der Waals surface area contributed by atoms with E-state index in [1.54, 1.807) is 41.3 Å². The molecule has 12 nitrogen and oxygen atoms in total. The van der Waals surface area contributed by atoms with Gasteiger partial charge in [-0.2, -0.15) is 0 Å². The largest absolute Gasteiger partial charge is 0.460 e. The molecule has 0 aromatic rings. The van der Waals surface area contributed by atoms with E-state index in [1.165, 1.54) is 4.90 Å². The molecular formula is C54H87NO11. The van der Waals surface area contributed by atoms with E-state index in [9.17, 15) is 29.4 Å². The summed E-state index contributed by atoms with van der Waals surface area (Å²) in [4.78, 5) is 58.5. The number of amides is 1. The minimum atomic E-state index is -2.39. The number of hydrogen-bond donors (Lipinski definition) is 2. The highest BCUT2D eigenvalue weighted by Gasteiger charge is 2.53. The van der Waals surface area contributed by atoms with Crippen LogP contribution < -0.4 is 0 Å².